The van der Waals surface area contributed by atoms with E-state index in [1.54, 1.807) is 0 Å². The highest BCUT2D eigenvalue weighted by Gasteiger charge is 2.13. The van der Waals surface area contributed by atoms with E-state index in [1.807, 2.05) is 34.6 Å². The lowest BCUT2D eigenvalue weighted by atomic mass is 10.2. The van der Waals surface area contributed by atoms with Crippen molar-refractivity contribution < 1.29 is 14.6 Å². The lowest BCUT2D eigenvalue weighted by molar-refractivity contribution is -0.0479. The third-order valence-electron chi connectivity index (χ3n) is 2.04. The predicted octanol–water partition coefficient (Wildman–Crippen LogP) is 1.57. The molecule has 1 atom stereocenters. The minimum Gasteiger partial charge on any atom is -0.389 e. The van der Waals surface area contributed by atoms with Gasteiger partial charge in [0.25, 0.3) is 0 Å². The third kappa shape index (κ3) is 13.8. The second kappa shape index (κ2) is 8.86. The molecular formula is C13H29NO3. The maximum absolute atomic E-state index is 9.64. The average molecular weight is 247 g/mol. The molecular weight excluding hydrogens is 218 g/mol. The fourth-order valence-corrected chi connectivity index (χ4v) is 1.19. The van der Waals surface area contributed by atoms with Crippen molar-refractivity contribution in [2.24, 2.45) is 0 Å². The normalized spacial score (nSPS) is 14.3. The Hall–Kier alpha value is -0.160. The summed E-state index contributed by atoms with van der Waals surface area (Å²) in [7, 11) is 0. The second-order valence-corrected chi connectivity index (χ2v) is 5.55. The average Bonchev–Trinajstić information content (AvgIpc) is 2.19. The number of rotatable bonds is 9. The molecule has 0 spiro atoms. The molecule has 0 heterocycles. The molecule has 0 aromatic carbocycles. The molecule has 0 fully saturated rings. The number of ether oxygens (including phenoxy) is 2. The molecule has 0 unspecified atom stereocenters. The van der Waals surface area contributed by atoms with Crippen LogP contribution in [0.25, 0.3) is 0 Å². The monoisotopic (exact) mass is 247 g/mol. The molecule has 104 valence electrons. The van der Waals surface area contributed by atoms with E-state index >= 15 is 0 Å². The number of hydrogen-bond acceptors (Lipinski definition) is 4. The minimum atomic E-state index is -0.444. The maximum atomic E-state index is 9.64. The number of aliphatic hydroxyl groups excluding tert-OH is 1. The van der Waals surface area contributed by atoms with Crippen LogP contribution in [-0.2, 0) is 9.47 Å². The van der Waals surface area contributed by atoms with E-state index in [-0.39, 0.29) is 5.60 Å². The third-order valence-corrected chi connectivity index (χ3v) is 2.04. The Morgan fingerprint density at radius 2 is 1.88 bits per heavy atom. The van der Waals surface area contributed by atoms with Crippen molar-refractivity contribution in [3.05, 3.63) is 0 Å². The Bertz CT molecular complexity index is 178. The van der Waals surface area contributed by atoms with Gasteiger partial charge in [-0.05, 0) is 47.6 Å². The van der Waals surface area contributed by atoms with Crippen molar-refractivity contribution in [2.45, 2.75) is 58.8 Å². The molecule has 17 heavy (non-hydrogen) atoms. The first-order valence-corrected chi connectivity index (χ1v) is 6.45. The summed E-state index contributed by atoms with van der Waals surface area (Å²) in [5.41, 5.74) is -0.188. The van der Waals surface area contributed by atoms with Gasteiger partial charge >= 0.3 is 0 Å². The zero-order valence-corrected chi connectivity index (χ0v) is 12.0. The standard InChI is InChI=1S/C13H29NO3/c1-11(2)16-8-6-7-14-9-12(15)10-17-13(3,4)5/h11-12,14-15H,6-10H2,1-5H3/t12-/m1/s1. The number of hydrogen-bond donors (Lipinski definition) is 2. The Kier molecular flexibility index (Phi) is 8.78. The molecule has 0 rings (SSSR count). The second-order valence-electron chi connectivity index (χ2n) is 5.55. The summed E-state index contributed by atoms with van der Waals surface area (Å²) in [6.07, 6.45) is 0.811. The van der Waals surface area contributed by atoms with Gasteiger partial charge in [0.2, 0.25) is 0 Å². The minimum absolute atomic E-state index is 0.188. The molecule has 0 aromatic rings. The fraction of sp³-hybridized carbons (Fsp3) is 1.00. The molecule has 4 heteroatoms. The highest BCUT2D eigenvalue weighted by atomic mass is 16.5. The number of nitrogens with one attached hydrogen (secondary N) is 1. The Labute approximate surface area is 106 Å². The van der Waals surface area contributed by atoms with Crippen molar-refractivity contribution in [2.75, 3.05) is 26.3 Å². The predicted molar refractivity (Wildman–Crippen MR) is 70.3 cm³/mol. The molecule has 0 aliphatic carbocycles. The quantitative estimate of drug-likeness (QED) is 0.607. The SMILES string of the molecule is CC(C)OCCCNC[C@@H](O)COC(C)(C)C. The Balaban J connectivity index is 3.31. The zero-order chi connectivity index (χ0) is 13.3. The van der Waals surface area contributed by atoms with Crippen LogP contribution >= 0.6 is 0 Å². The zero-order valence-electron chi connectivity index (χ0n) is 12.0. The van der Waals surface area contributed by atoms with Gasteiger partial charge in [0, 0.05) is 13.2 Å². The van der Waals surface area contributed by atoms with E-state index in [9.17, 15) is 5.11 Å². The van der Waals surface area contributed by atoms with Crippen LogP contribution in [0, 0.1) is 0 Å². The first-order valence-electron chi connectivity index (χ1n) is 6.45. The van der Waals surface area contributed by atoms with Crippen LogP contribution < -0.4 is 5.32 Å². The lowest BCUT2D eigenvalue weighted by Gasteiger charge is -2.22. The van der Waals surface area contributed by atoms with Crippen LogP contribution in [0.5, 0.6) is 0 Å². The van der Waals surface area contributed by atoms with Gasteiger partial charge in [-0.1, -0.05) is 0 Å². The molecule has 2 N–H and O–H groups in total. The summed E-state index contributed by atoms with van der Waals surface area (Å²) < 4.78 is 10.9. The van der Waals surface area contributed by atoms with E-state index in [0.29, 0.717) is 19.3 Å². The molecule has 0 aromatic heterocycles. The van der Waals surface area contributed by atoms with Gasteiger partial charge in [-0.2, -0.15) is 0 Å². The summed E-state index contributed by atoms with van der Waals surface area (Å²) in [5, 5.41) is 12.8. The van der Waals surface area contributed by atoms with Crippen LogP contribution in [-0.4, -0.2) is 49.2 Å². The lowest BCUT2D eigenvalue weighted by Crippen LogP contribution is -2.34. The van der Waals surface area contributed by atoms with Gasteiger partial charge in [-0.25, -0.2) is 0 Å². The van der Waals surface area contributed by atoms with Gasteiger partial charge in [0.1, 0.15) is 0 Å². The van der Waals surface area contributed by atoms with Gasteiger partial charge in [-0.3, -0.25) is 0 Å². The van der Waals surface area contributed by atoms with Crippen LogP contribution in [0.4, 0.5) is 0 Å². The summed E-state index contributed by atoms with van der Waals surface area (Å²) in [4.78, 5) is 0. The molecule has 4 nitrogen and oxygen atoms in total. The largest absolute Gasteiger partial charge is 0.389 e. The van der Waals surface area contributed by atoms with E-state index in [4.69, 9.17) is 9.47 Å². The van der Waals surface area contributed by atoms with Crippen molar-refractivity contribution in [1.82, 2.24) is 5.32 Å². The van der Waals surface area contributed by atoms with E-state index < -0.39 is 6.10 Å². The first-order chi connectivity index (χ1) is 7.81. The molecule has 0 bridgehead atoms. The maximum Gasteiger partial charge on any atom is 0.0897 e. The van der Waals surface area contributed by atoms with Gasteiger partial charge in [-0.15, -0.1) is 0 Å². The van der Waals surface area contributed by atoms with E-state index in [2.05, 4.69) is 5.32 Å². The molecule has 0 aliphatic heterocycles. The molecule has 0 radical (unpaired) electrons. The smallest absolute Gasteiger partial charge is 0.0897 e. The number of aliphatic hydroxyl groups is 1. The van der Waals surface area contributed by atoms with Crippen molar-refractivity contribution in [3.63, 3.8) is 0 Å². The summed E-state index contributed by atoms with van der Waals surface area (Å²) in [6.45, 7) is 12.6. The van der Waals surface area contributed by atoms with Crippen LogP contribution in [0.3, 0.4) is 0 Å². The highest BCUT2D eigenvalue weighted by Crippen LogP contribution is 2.06. The van der Waals surface area contributed by atoms with Crippen molar-refractivity contribution in [1.29, 1.82) is 0 Å². The van der Waals surface area contributed by atoms with E-state index in [1.165, 1.54) is 0 Å². The Morgan fingerprint density at radius 3 is 2.41 bits per heavy atom. The Morgan fingerprint density at radius 1 is 1.24 bits per heavy atom. The molecule has 0 saturated carbocycles. The summed E-state index contributed by atoms with van der Waals surface area (Å²) in [5.74, 6) is 0. The van der Waals surface area contributed by atoms with Crippen LogP contribution in [0.1, 0.15) is 41.0 Å². The van der Waals surface area contributed by atoms with Crippen molar-refractivity contribution in [3.8, 4) is 0 Å². The van der Waals surface area contributed by atoms with Gasteiger partial charge in [0.05, 0.1) is 24.4 Å². The summed E-state index contributed by atoms with van der Waals surface area (Å²) >= 11 is 0. The van der Waals surface area contributed by atoms with Crippen LogP contribution in [0.2, 0.25) is 0 Å². The fourth-order valence-electron chi connectivity index (χ4n) is 1.19. The van der Waals surface area contributed by atoms with Crippen molar-refractivity contribution >= 4 is 0 Å². The van der Waals surface area contributed by atoms with Gasteiger partial charge in [0.15, 0.2) is 0 Å². The highest BCUT2D eigenvalue weighted by molar-refractivity contribution is 4.64. The first kappa shape index (κ1) is 16.8. The molecule has 0 saturated heterocycles. The topological polar surface area (TPSA) is 50.7 Å². The summed E-state index contributed by atoms with van der Waals surface area (Å²) in [6, 6.07) is 0. The van der Waals surface area contributed by atoms with Crippen LogP contribution in [0.15, 0.2) is 0 Å². The molecule has 0 amide bonds. The van der Waals surface area contributed by atoms with E-state index in [0.717, 1.165) is 19.6 Å². The molecule has 0 aliphatic rings. The van der Waals surface area contributed by atoms with Gasteiger partial charge < -0.3 is 19.9 Å².